The first kappa shape index (κ1) is 17.3. The summed E-state index contributed by atoms with van der Waals surface area (Å²) in [6, 6.07) is 0. The minimum Gasteiger partial charge on any atom is -0.434 e. The SMILES string of the molecule is O=C(OCCC(I)CCl)OCCC(I)CCl. The van der Waals surface area contributed by atoms with Crippen molar-refractivity contribution in [3.8, 4) is 0 Å². The second-order valence-electron chi connectivity index (χ2n) is 3.03. The zero-order valence-corrected chi connectivity index (χ0v) is 14.5. The molecule has 0 rings (SSSR count). The van der Waals surface area contributed by atoms with Crippen molar-refractivity contribution in [3.05, 3.63) is 0 Å². The highest BCUT2D eigenvalue weighted by molar-refractivity contribution is 14.1. The molecule has 3 nitrogen and oxygen atoms in total. The topological polar surface area (TPSA) is 35.5 Å². The summed E-state index contributed by atoms with van der Waals surface area (Å²) in [5.74, 6) is 1.12. The maximum absolute atomic E-state index is 11.1. The van der Waals surface area contributed by atoms with Crippen molar-refractivity contribution in [1.82, 2.24) is 0 Å². The molecule has 2 unspecified atom stereocenters. The molecule has 0 N–H and O–H groups in total. The number of alkyl halides is 4. The highest BCUT2D eigenvalue weighted by atomic mass is 127. The Morgan fingerprint density at radius 1 is 1.00 bits per heavy atom. The predicted octanol–water partition coefficient (Wildman–Crippen LogP) is 4.00. The van der Waals surface area contributed by atoms with E-state index in [1.807, 2.05) is 0 Å². The summed E-state index contributed by atoms with van der Waals surface area (Å²) in [6.07, 6.45) is 0.877. The molecule has 0 saturated heterocycles. The van der Waals surface area contributed by atoms with Crippen molar-refractivity contribution in [2.75, 3.05) is 25.0 Å². The van der Waals surface area contributed by atoms with Crippen LogP contribution in [0.5, 0.6) is 0 Å². The summed E-state index contributed by atoms with van der Waals surface area (Å²) >= 11 is 15.6. The standard InChI is InChI=1S/C9H14Cl2I2O3/c10-5-7(12)1-3-15-9(14)16-4-2-8(13)6-11/h7-8H,1-6H2. The molecule has 0 aromatic heterocycles. The molecule has 0 heterocycles. The summed E-state index contributed by atoms with van der Waals surface area (Å²) in [6.45, 7) is 0.699. The Balaban J connectivity index is 3.38. The van der Waals surface area contributed by atoms with Gasteiger partial charge in [0.05, 0.1) is 13.2 Å². The fourth-order valence-electron chi connectivity index (χ4n) is 0.736. The Bertz CT molecular complexity index is 178. The second-order valence-corrected chi connectivity index (χ2v) is 7.17. The first-order valence-corrected chi connectivity index (χ1v) is 8.35. The minimum atomic E-state index is -0.614. The highest BCUT2D eigenvalue weighted by Gasteiger charge is 2.08. The summed E-state index contributed by atoms with van der Waals surface area (Å²) in [7, 11) is 0. The van der Waals surface area contributed by atoms with E-state index in [0.717, 1.165) is 12.8 Å². The average molecular weight is 495 g/mol. The van der Waals surface area contributed by atoms with Crippen LogP contribution in [0.2, 0.25) is 0 Å². The number of rotatable bonds is 8. The molecule has 0 aromatic rings. The number of ether oxygens (including phenoxy) is 2. The van der Waals surface area contributed by atoms with E-state index in [2.05, 4.69) is 45.2 Å². The quantitative estimate of drug-likeness (QED) is 0.291. The molecule has 0 fully saturated rings. The largest absolute Gasteiger partial charge is 0.508 e. The highest BCUT2D eigenvalue weighted by Crippen LogP contribution is 2.09. The molecule has 0 aliphatic heterocycles. The number of carbonyl (C=O) groups excluding carboxylic acids is 1. The third kappa shape index (κ3) is 10.5. The molecule has 0 aromatic carbocycles. The number of hydrogen-bond acceptors (Lipinski definition) is 3. The van der Waals surface area contributed by atoms with Crippen LogP contribution in [-0.2, 0) is 9.47 Å². The Kier molecular flexibility index (Phi) is 12.3. The van der Waals surface area contributed by atoms with E-state index < -0.39 is 6.16 Å². The summed E-state index contributed by atoms with van der Waals surface area (Å²) < 4.78 is 10.4. The lowest BCUT2D eigenvalue weighted by molar-refractivity contribution is 0.0545. The van der Waals surface area contributed by atoms with Crippen LogP contribution in [0, 0.1) is 0 Å². The van der Waals surface area contributed by atoms with E-state index in [-0.39, 0.29) is 0 Å². The molecule has 96 valence electrons. The van der Waals surface area contributed by atoms with Crippen molar-refractivity contribution in [2.24, 2.45) is 0 Å². The molecular weight excluding hydrogens is 481 g/mol. The first-order chi connectivity index (χ1) is 7.60. The van der Waals surface area contributed by atoms with Crippen molar-refractivity contribution in [3.63, 3.8) is 0 Å². The monoisotopic (exact) mass is 494 g/mol. The smallest absolute Gasteiger partial charge is 0.434 e. The van der Waals surface area contributed by atoms with E-state index in [9.17, 15) is 4.79 Å². The van der Waals surface area contributed by atoms with Crippen LogP contribution in [0.15, 0.2) is 0 Å². The Morgan fingerprint density at radius 3 is 1.69 bits per heavy atom. The molecule has 2 atom stereocenters. The Morgan fingerprint density at radius 2 is 1.38 bits per heavy atom. The maximum Gasteiger partial charge on any atom is 0.508 e. The van der Waals surface area contributed by atoms with E-state index >= 15 is 0 Å². The molecule has 7 heteroatoms. The number of halogens is 4. The van der Waals surface area contributed by atoms with Gasteiger partial charge >= 0.3 is 6.16 Å². The Hall–Kier alpha value is 1.31. The number of hydrogen-bond donors (Lipinski definition) is 0. The fourth-order valence-corrected chi connectivity index (χ4v) is 1.55. The average Bonchev–Trinajstić information content (AvgIpc) is 2.28. The lowest BCUT2D eigenvalue weighted by Gasteiger charge is -2.09. The maximum atomic E-state index is 11.1. The molecular formula is C9H14Cl2I2O3. The minimum absolute atomic E-state index is 0.321. The van der Waals surface area contributed by atoms with Crippen LogP contribution in [0.25, 0.3) is 0 Å². The first-order valence-electron chi connectivity index (χ1n) is 4.79. The van der Waals surface area contributed by atoms with Crippen LogP contribution in [0.4, 0.5) is 4.79 Å². The van der Waals surface area contributed by atoms with Gasteiger partial charge in [-0.3, -0.25) is 0 Å². The van der Waals surface area contributed by atoms with Crippen LogP contribution in [0.3, 0.4) is 0 Å². The third-order valence-corrected chi connectivity index (χ3v) is 5.55. The molecule has 0 spiro atoms. The van der Waals surface area contributed by atoms with Gasteiger partial charge in [0.25, 0.3) is 0 Å². The van der Waals surface area contributed by atoms with Gasteiger partial charge in [-0.15, -0.1) is 23.2 Å². The van der Waals surface area contributed by atoms with Gasteiger partial charge in [0.15, 0.2) is 0 Å². The normalized spacial score (nSPS) is 14.2. The summed E-state index contributed by atoms with van der Waals surface area (Å²) in [5, 5.41) is 0. The zero-order valence-electron chi connectivity index (χ0n) is 8.63. The van der Waals surface area contributed by atoms with Gasteiger partial charge in [-0.25, -0.2) is 4.79 Å². The van der Waals surface area contributed by atoms with Gasteiger partial charge in [0.1, 0.15) is 0 Å². The summed E-state index contributed by atoms with van der Waals surface area (Å²) in [5.41, 5.74) is 0. The van der Waals surface area contributed by atoms with E-state index in [1.54, 1.807) is 0 Å². The second kappa shape index (κ2) is 11.4. The lowest BCUT2D eigenvalue weighted by atomic mass is 10.3. The molecule has 0 radical (unpaired) electrons. The van der Waals surface area contributed by atoms with Crippen molar-refractivity contribution in [2.45, 2.75) is 20.7 Å². The zero-order chi connectivity index (χ0) is 12.4. The Labute approximate surface area is 133 Å². The van der Waals surface area contributed by atoms with Crippen LogP contribution in [0.1, 0.15) is 12.8 Å². The predicted molar refractivity (Wildman–Crippen MR) is 83.6 cm³/mol. The third-order valence-electron chi connectivity index (χ3n) is 1.64. The van der Waals surface area contributed by atoms with Crippen molar-refractivity contribution >= 4 is 74.5 Å². The van der Waals surface area contributed by atoms with Gasteiger partial charge < -0.3 is 9.47 Å². The van der Waals surface area contributed by atoms with Crippen LogP contribution in [-0.4, -0.2) is 39.0 Å². The molecule has 0 bridgehead atoms. The van der Waals surface area contributed by atoms with Gasteiger partial charge in [-0.2, -0.15) is 0 Å². The van der Waals surface area contributed by atoms with E-state index in [0.29, 0.717) is 32.8 Å². The summed E-state index contributed by atoms with van der Waals surface area (Å²) in [4.78, 5) is 11.1. The van der Waals surface area contributed by atoms with Gasteiger partial charge in [-0.05, 0) is 12.8 Å². The molecule has 0 saturated carbocycles. The van der Waals surface area contributed by atoms with Gasteiger partial charge in [0, 0.05) is 19.6 Å². The lowest BCUT2D eigenvalue weighted by Crippen LogP contribution is -2.14. The van der Waals surface area contributed by atoms with Crippen LogP contribution >= 0.6 is 68.4 Å². The molecule has 0 aliphatic rings. The van der Waals surface area contributed by atoms with Crippen molar-refractivity contribution in [1.29, 1.82) is 0 Å². The molecule has 0 amide bonds. The molecule has 16 heavy (non-hydrogen) atoms. The van der Waals surface area contributed by atoms with E-state index in [1.165, 1.54) is 0 Å². The number of carbonyl (C=O) groups is 1. The fraction of sp³-hybridized carbons (Fsp3) is 0.889. The van der Waals surface area contributed by atoms with Gasteiger partial charge in [-0.1, -0.05) is 45.2 Å². The molecule has 0 aliphatic carbocycles. The van der Waals surface area contributed by atoms with Crippen molar-refractivity contribution < 1.29 is 14.3 Å². The van der Waals surface area contributed by atoms with Gasteiger partial charge in [0.2, 0.25) is 0 Å². The van der Waals surface area contributed by atoms with Crippen LogP contribution < -0.4 is 0 Å². The van der Waals surface area contributed by atoms with E-state index in [4.69, 9.17) is 32.7 Å².